The van der Waals surface area contributed by atoms with Crippen LogP contribution >= 0.6 is 0 Å². The fraction of sp³-hybridized carbons (Fsp3) is 0.318. The summed E-state index contributed by atoms with van der Waals surface area (Å²) < 4.78 is 0. The van der Waals surface area contributed by atoms with E-state index in [1.165, 1.54) is 4.90 Å². The van der Waals surface area contributed by atoms with Crippen molar-refractivity contribution < 1.29 is 24.6 Å². The van der Waals surface area contributed by atoms with Crippen molar-refractivity contribution in [3.8, 4) is 0 Å². The second-order valence-electron chi connectivity index (χ2n) is 7.15. The maximum Gasteiger partial charge on any atom is 0.334 e. The van der Waals surface area contributed by atoms with Gasteiger partial charge in [0.05, 0.1) is 6.04 Å². The van der Waals surface area contributed by atoms with Crippen molar-refractivity contribution in [2.24, 2.45) is 0 Å². The fourth-order valence-electron chi connectivity index (χ4n) is 3.55. The third-order valence-electron chi connectivity index (χ3n) is 5.08. The normalized spacial score (nSPS) is 18.0. The summed E-state index contributed by atoms with van der Waals surface area (Å²) in [7, 11) is 0. The Labute approximate surface area is 169 Å². The first-order chi connectivity index (χ1) is 14.0. The maximum absolute atomic E-state index is 13.3. The van der Waals surface area contributed by atoms with Gasteiger partial charge in [-0.05, 0) is 24.0 Å². The molecule has 7 nitrogen and oxygen atoms in total. The number of nitrogens with zero attached hydrogens (tertiary/aromatic N) is 1. The van der Waals surface area contributed by atoms with Crippen LogP contribution in [0.5, 0.6) is 0 Å². The van der Waals surface area contributed by atoms with E-state index in [4.69, 9.17) is 0 Å². The van der Waals surface area contributed by atoms with Gasteiger partial charge in [0.25, 0.3) is 0 Å². The predicted molar refractivity (Wildman–Crippen MR) is 106 cm³/mol. The van der Waals surface area contributed by atoms with Crippen molar-refractivity contribution in [2.75, 3.05) is 0 Å². The van der Waals surface area contributed by atoms with Gasteiger partial charge in [0.1, 0.15) is 6.04 Å². The highest BCUT2D eigenvalue weighted by molar-refractivity contribution is 5.91. The van der Waals surface area contributed by atoms with Crippen LogP contribution in [0, 0.1) is 0 Å². The molecule has 1 aliphatic rings. The first kappa shape index (κ1) is 20.5. The van der Waals surface area contributed by atoms with E-state index in [0.29, 0.717) is 6.42 Å². The maximum atomic E-state index is 13.3. The molecule has 152 valence electrons. The van der Waals surface area contributed by atoms with Gasteiger partial charge in [-0.25, -0.2) is 4.79 Å². The van der Waals surface area contributed by atoms with Gasteiger partial charge in [-0.1, -0.05) is 60.7 Å². The zero-order chi connectivity index (χ0) is 20.8. The van der Waals surface area contributed by atoms with Crippen LogP contribution in [0.3, 0.4) is 0 Å². The molecule has 2 unspecified atom stereocenters. The molecule has 0 spiro atoms. The molecule has 2 aromatic rings. The lowest BCUT2D eigenvalue weighted by Gasteiger charge is -2.35. The number of aliphatic hydroxyl groups excluding tert-OH is 1. The van der Waals surface area contributed by atoms with Crippen LogP contribution < -0.4 is 5.32 Å². The Kier molecular flexibility index (Phi) is 6.61. The second-order valence-corrected chi connectivity index (χ2v) is 7.15. The molecular formula is C22H24N2O5. The standard InChI is InChI=1S/C22H24N2O5/c25-19-12-11-17(23-19)21(27)24(14-16-9-5-2-6-10-16)18(20(26)22(28)29)13-15-7-3-1-4-8-15/h1-10,17-18,20,26H,11-14H2,(H,23,25)(H,28,29)/t17-,18?,20?/m1/s1. The van der Waals surface area contributed by atoms with E-state index < -0.39 is 24.2 Å². The molecule has 1 saturated heterocycles. The lowest BCUT2D eigenvalue weighted by Crippen LogP contribution is -2.55. The lowest BCUT2D eigenvalue weighted by atomic mass is 9.97. The van der Waals surface area contributed by atoms with Gasteiger partial charge in [-0.2, -0.15) is 0 Å². The summed E-state index contributed by atoms with van der Waals surface area (Å²) >= 11 is 0. The Bertz CT molecular complexity index is 856. The van der Waals surface area contributed by atoms with Crippen LogP contribution in [0.2, 0.25) is 0 Å². The minimum absolute atomic E-state index is 0.133. The minimum Gasteiger partial charge on any atom is -0.479 e. The molecule has 0 bridgehead atoms. The SMILES string of the molecule is O=C1CC[C@H](C(=O)N(Cc2ccccc2)C(Cc2ccccc2)C(O)C(=O)O)N1. The van der Waals surface area contributed by atoms with Crippen molar-refractivity contribution >= 4 is 17.8 Å². The van der Waals surface area contributed by atoms with Gasteiger partial charge >= 0.3 is 5.97 Å². The van der Waals surface area contributed by atoms with E-state index in [2.05, 4.69) is 5.32 Å². The second kappa shape index (κ2) is 9.34. The van der Waals surface area contributed by atoms with E-state index in [1.807, 2.05) is 60.7 Å². The van der Waals surface area contributed by atoms with Crippen molar-refractivity contribution in [1.29, 1.82) is 0 Å². The number of carbonyl (C=O) groups is 3. The summed E-state index contributed by atoms with van der Waals surface area (Å²) in [5, 5.41) is 22.6. The zero-order valence-electron chi connectivity index (χ0n) is 15.9. The number of carbonyl (C=O) groups excluding carboxylic acids is 2. The number of carboxylic acids is 1. The summed E-state index contributed by atoms with van der Waals surface area (Å²) in [4.78, 5) is 37.9. The van der Waals surface area contributed by atoms with Gasteiger partial charge in [-0.3, -0.25) is 9.59 Å². The summed E-state index contributed by atoms with van der Waals surface area (Å²) in [5.74, 6) is -1.99. The minimum atomic E-state index is -1.76. The Morgan fingerprint density at radius 2 is 1.62 bits per heavy atom. The summed E-state index contributed by atoms with van der Waals surface area (Å²) in [6, 6.07) is 16.6. The van der Waals surface area contributed by atoms with Crippen LogP contribution in [0.15, 0.2) is 60.7 Å². The average molecular weight is 396 g/mol. The molecule has 0 aromatic heterocycles. The molecule has 29 heavy (non-hydrogen) atoms. The Morgan fingerprint density at radius 1 is 1.03 bits per heavy atom. The molecule has 0 aliphatic carbocycles. The number of rotatable bonds is 8. The molecule has 7 heteroatoms. The highest BCUT2D eigenvalue weighted by Gasteiger charge is 2.38. The van der Waals surface area contributed by atoms with Gasteiger partial charge in [0, 0.05) is 13.0 Å². The van der Waals surface area contributed by atoms with Gasteiger partial charge in [0.2, 0.25) is 11.8 Å². The van der Waals surface area contributed by atoms with E-state index in [-0.39, 0.29) is 31.2 Å². The number of hydrogen-bond donors (Lipinski definition) is 3. The number of benzene rings is 2. The first-order valence-electron chi connectivity index (χ1n) is 9.54. The van der Waals surface area contributed by atoms with Gasteiger partial charge < -0.3 is 20.4 Å². The number of aliphatic hydroxyl groups is 1. The monoisotopic (exact) mass is 396 g/mol. The third kappa shape index (κ3) is 5.20. The largest absolute Gasteiger partial charge is 0.479 e. The zero-order valence-corrected chi connectivity index (χ0v) is 15.9. The van der Waals surface area contributed by atoms with Crippen LogP contribution in [0.4, 0.5) is 0 Å². The molecule has 3 atom stereocenters. The molecule has 1 fully saturated rings. The van der Waals surface area contributed by atoms with Gasteiger partial charge in [0.15, 0.2) is 6.10 Å². The fourth-order valence-corrected chi connectivity index (χ4v) is 3.55. The molecule has 3 N–H and O–H groups in total. The summed E-state index contributed by atoms with van der Waals surface area (Å²) in [5.41, 5.74) is 1.61. The highest BCUT2D eigenvalue weighted by atomic mass is 16.4. The topological polar surface area (TPSA) is 107 Å². The highest BCUT2D eigenvalue weighted by Crippen LogP contribution is 2.20. The Morgan fingerprint density at radius 3 is 2.14 bits per heavy atom. The smallest absolute Gasteiger partial charge is 0.334 e. The van der Waals surface area contributed by atoms with Crippen molar-refractivity contribution in [2.45, 2.75) is 44.0 Å². The number of aliphatic carboxylic acids is 1. The van der Waals surface area contributed by atoms with E-state index in [0.717, 1.165) is 11.1 Å². The lowest BCUT2D eigenvalue weighted by molar-refractivity contribution is -0.154. The van der Waals surface area contributed by atoms with Crippen molar-refractivity contribution in [3.05, 3.63) is 71.8 Å². The number of carboxylic acid groups (broad SMARTS) is 1. The molecule has 2 amide bonds. The molecular weight excluding hydrogens is 372 g/mol. The molecule has 0 radical (unpaired) electrons. The molecule has 0 saturated carbocycles. The van der Waals surface area contributed by atoms with Crippen LogP contribution in [0.1, 0.15) is 24.0 Å². The Hall–Kier alpha value is -3.19. The molecule has 3 rings (SSSR count). The average Bonchev–Trinajstić information content (AvgIpc) is 3.17. The van der Waals surface area contributed by atoms with Gasteiger partial charge in [-0.15, -0.1) is 0 Å². The number of amides is 2. The van der Waals surface area contributed by atoms with Crippen LogP contribution in [-0.2, 0) is 27.3 Å². The number of hydrogen-bond acceptors (Lipinski definition) is 4. The molecule has 1 aliphatic heterocycles. The molecule has 1 heterocycles. The van der Waals surface area contributed by atoms with E-state index in [1.54, 1.807) is 0 Å². The van der Waals surface area contributed by atoms with E-state index in [9.17, 15) is 24.6 Å². The van der Waals surface area contributed by atoms with Crippen molar-refractivity contribution in [1.82, 2.24) is 10.2 Å². The summed E-state index contributed by atoms with van der Waals surface area (Å²) in [6.07, 6.45) is -0.988. The Balaban J connectivity index is 1.94. The van der Waals surface area contributed by atoms with Crippen molar-refractivity contribution in [3.63, 3.8) is 0 Å². The first-order valence-corrected chi connectivity index (χ1v) is 9.54. The quantitative estimate of drug-likeness (QED) is 0.624. The number of nitrogens with one attached hydrogen (secondary N) is 1. The van der Waals surface area contributed by atoms with E-state index >= 15 is 0 Å². The van der Waals surface area contributed by atoms with Crippen LogP contribution in [-0.4, -0.2) is 51.1 Å². The summed E-state index contributed by atoms with van der Waals surface area (Å²) in [6.45, 7) is 0.133. The third-order valence-corrected chi connectivity index (χ3v) is 5.08. The molecule has 2 aromatic carbocycles. The predicted octanol–water partition coefficient (Wildman–Crippen LogP) is 1.35. The van der Waals surface area contributed by atoms with Crippen LogP contribution in [0.25, 0.3) is 0 Å².